The van der Waals surface area contributed by atoms with Crippen molar-refractivity contribution in [1.29, 1.82) is 0 Å². The van der Waals surface area contributed by atoms with Crippen molar-refractivity contribution in [3.63, 3.8) is 0 Å². The molecule has 1 aromatic heterocycles. The van der Waals surface area contributed by atoms with Crippen molar-refractivity contribution in [2.75, 3.05) is 19.4 Å². The molecular weight excluding hydrogens is 534 g/mol. The van der Waals surface area contributed by atoms with E-state index in [9.17, 15) is 13.2 Å². The van der Waals surface area contributed by atoms with Crippen LogP contribution >= 0.6 is 0 Å². The summed E-state index contributed by atoms with van der Waals surface area (Å²) in [7, 11) is -3.40. The normalized spacial score (nSPS) is 19.1. The van der Waals surface area contributed by atoms with E-state index in [-0.39, 0.29) is 23.3 Å². The Balaban J connectivity index is 1.56. The van der Waals surface area contributed by atoms with Gasteiger partial charge in [0, 0.05) is 46.6 Å². The number of hydrogen-bond donors (Lipinski definition) is 2. The molecule has 41 heavy (non-hydrogen) atoms. The Morgan fingerprint density at radius 1 is 1.05 bits per heavy atom. The van der Waals surface area contributed by atoms with Gasteiger partial charge in [-0.3, -0.25) is 4.79 Å². The van der Waals surface area contributed by atoms with Gasteiger partial charge in [0.15, 0.2) is 0 Å². The highest BCUT2D eigenvalue weighted by Crippen LogP contribution is 2.58. The molecule has 0 unspecified atom stereocenters. The third-order valence-electron chi connectivity index (χ3n) is 9.37. The van der Waals surface area contributed by atoms with Crippen LogP contribution in [-0.4, -0.2) is 43.8 Å². The number of nitrogens with one attached hydrogen (secondary N) is 2. The molecule has 7 nitrogen and oxygen atoms in total. The molecule has 1 aliphatic heterocycles. The van der Waals surface area contributed by atoms with Crippen LogP contribution in [0, 0.1) is 12.8 Å². The number of benzene rings is 1. The van der Waals surface area contributed by atoms with Gasteiger partial charge in [0.2, 0.25) is 10.0 Å². The maximum absolute atomic E-state index is 13.6. The molecule has 2 aromatic rings. The fourth-order valence-corrected chi connectivity index (χ4v) is 8.02. The lowest BCUT2D eigenvalue weighted by Crippen LogP contribution is -2.51. The summed E-state index contributed by atoms with van der Waals surface area (Å²) < 4.78 is 35.0. The topological polar surface area (TPSA) is 89.4 Å². The molecule has 2 saturated carbocycles. The van der Waals surface area contributed by atoms with Crippen molar-refractivity contribution < 1.29 is 17.9 Å². The second kappa shape index (κ2) is 10.7. The number of rotatable bonds is 8. The number of aromatic nitrogens is 1. The molecule has 2 aliphatic carbocycles. The molecular formula is C33H49N3O4S. The first-order valence-electron chi connectivity index (χ1n) is 15.4. The zero-order valence-corrected chi connectivity index (χ0v) is 26.9. The van der Waals surface area contributed by atoms with E-state index in [0.29, 0.717) is 11.5 Å². The predicted molar refractivity (Wildman–Crippen MR) is 165 cm³/mol. The molecule has 2 heterocycles. The van der Waals surface area contributed by atoms with E-state index in [2.05, 4.69) is 60.5 Å². The van der Waals surface area contributed by atoms with Crippen LogP contribution in [0.15, 0.2) is 18.2 Å². The van der Waals surface area contributed by atoms with Crippen molar-refractivity contribution >= 4 is 15.9 Å². The molecule has 1 amide bonds. The number of carbonyl (C=O) groups is 1. The van der Waals surface area contributed by atoms with E-state index in [0.717, 1.165) is 48.5 Å². The number of amides is 1. The molecule has 0 bridgehead atoms. The van der Waals surface area contributed by atoms with Crippen LogP contribution in [0.4, 0.5) is 0 Å². The van der Waals surface area contributed by atoms with Crippen molar-refractivity contribution in [3.8, 4) is 17.0 Å². The lowest BCUT2D eigenvalue weighted by atomic mass is 9.79. The van der Waals surface area contributed by atoms with Crippen LogP contribution in [0.3, 0.4) is 0 Å². The molecule has 5 rings (SSSR count). The summed E-state index contributed by atoms with van der Waals surface area (Å²) in [5.74, 6) is 1.50. The summed E-state index contributed by atoms with van der Waals surface area (Å²) >= 11 is 0. The number of fused-ring (bicyclic) bond motifs is 2. The average Bonchev–Trinajstić information content (AvgIpc) is 3.57. The minimum Gasteiger partial charge on any atom is -0.493 e. The van der Waals surface area contributed by atoms with Gasteiger partial charge in [-0.25, -0.2) is 13.1 Å². The molecule has 0 saturated heterocycles. The fraction of sp³-hybridized carbons (Fsp3) is 0.667. The van der Waals surface area contributed by atoms with Gasteiger partial charge >= 0.3 is 0 Å². The predicted octanol–water partition coefficient (Wildman–Crippen LogP) is 6.21. The number of carbonyl (C=O) groups excluding carboxylic acids is 1. The minimum atomic E-state index is -3.40. The number of sulfonamides is 1. The Bertz CT molecular complexity index is 1400. The summed E-state index contributed by atoms with van der Waals surface area (Å²) in [6, 6.07) is 6.71. The Labute approximate surface area is 246 Å². The first-order chi connectivity index (χ1) is 19.1. The summed E-state index contributed by atoms with van der Waals surface area (Å²) in [5, 5.41) is 3.01. The van der Waals surface area contributed by atoms with Crippen molar-refractivity contribution in [1.82, 2.24) is 14.6 Å². The second-order valence-electron chi connectivity index (χ2n) is 14.6. The first kappa shape index (κ1) is 30.1. The smallest absolute Gasteiger partial charge is 0.253 e. The quantitative estimate of drug-likeness (QED) is 0.387. The molecule has 1 aromatic carbocycles. The highest BCUT2D eigenvalue weighted by atomic mass is 32.2. The van der Waals surface area contributed by atoms with Crippen LogP contribution in [0.25, 0.3) is 11.3 Å². The van der Waals surface area contributed by atoms with E-state index < -0.39 is 15.6 Å². The second-order valence-corrected chi connectivity index (χ2v) is 16.4. The summed E-state index contributed by atoms with van der Waals surface area (Å²) in [5.41, 5.74) is 5.78. The summed E-state index contributed by atoms with van der Waals surface area (Å²) in [6.45, 7) is 14.2. The largest absolute Gasteiger partial charge is 0.493 e. The van der Waals surface area contributed by atoms with Crippen molar-refractivity contribution in [2.45, 2.75) is 116 Å². The Hall–Kier alpha value is -2.32. The van der Waals surface area contributed by atoms with Crippen molar-refractivity contribution in [2.24, 2.45) is 5.92 Å². The van der Waals surface area contributed by atoms with Crippen molar-refractivity contribution in [3.05, 3.63) is 40.6 Å². The number of hydrogen-bond acceptors (Lipinski definition) is 4. The highest BCUT2D eigenvalue weighted by molar-refractivity contribution is 7.88. The van der Waals surface area contributed by atoms with E-state index in [1.54, 1.807) is 13.8 Å². The molecule has 1 spiro atoms. The van der Waals surface area contributed by atoms with E-state index in [1.807, 2.05) is 0 Å². The third kappa shape index (κ3) is 6.53. The molecule has 2 fully saturated rings. The van der Waals surface area contributed by atoms with Crippen LogP contribution in [-0.2, 0) is 27.4 Å². The average molecular weight is 584 g/mol. The summed E-state index contributed by atoms with van der Waals surface area (Å²) in [6.07, 6.45) is 10.9. The monoisotopic (exact) mass is 583 g/mol. The van der Waals surface area contributed by atoms with Crippen LogP contribution in [0.1, 0.15) is 113 Å². The van der Waals surface area contributed by atoms with Crippen LogP contribution in [0.2, 0.25) is 0 Å². The molecule has 3 aliphatic rings. The van der Waals surface area contributed by atoms with E-state index >= 15 is 0 Å². The SMILES string of the molecule is Cc1c(C(=O)NCC(C)(C)NS(C)(=O)=O)cc(-c2cc(C(C)(C)C)c3c(c2)C2(CCO3)CC2)n1CC1CCCCC1. The van der Waals surface area contributed by atoms with E-state index in [4.69, 9.17) is 4.74 Å². The van der Waals surface area contributed by atoms with Gasteiger partial charge in [-0.05, 0) is 88.0 Å². The van der Waals surface area contributed by atoms with E-state index in [1.165, 1.54) is 56.1 Å². The molecule has 0 atom stereocenters. The maximum atomic E-state index is 13.6. The van der Waals surface area contributed by atoms with Crippen LogP contribution < -0.4 is 14.8 Å². The van der Waals surface area contributed by atoms with Gasteiger partial charge in [-0.2, -0.15) is 0 Å². The number of ether oxygens (including phenoxy) is 1. The van der Waals surface area contributed by atoms with Gasteiger partial charge in [0.1, 0.15) is 5.75 Å². The van der Waals surface area contributed by atoms with Crippen LogP contribution in [0.5, 0.6) is 5.75 Å². The Morgan fingerprint density at radius 3 is 2.34 bits per heavy atom. The Kier molecular flexibility index (Phi) is 7.90. The van der Waals surface area contributed by atoms with Gasteiger partial charge in [0.05, 0.1) is 18.4 Å². The maximum Gasteiger partial charge on any atom is 0.253 e. The van der Waals surface area contributed by atoms with Gasteiger partial charge in [-0.15, -0.1) is 0 Å². The third-order valence-corrected chi connectivity index (χ3v) is 10.3. The highest BCUT2D eigenvalue weighted by Gasteiger charge is 2.49. The number of nitrogens with zero attached hydrogens (tertiary/aromatic N) is 1. The van der Waals surface area contributed by atoms with Gasteiger partial charge in [-0.1, -0.05) is 40.0 Å². The summed E-state index contributed by atoms with van der Waals surface area (Å²) in [4.78, 5) is 13.6. The zero-order chi connectivity index (χ0) is 29.8. The lowest BCUT2D eigenvalue weighted by Gasteiger charge is -2.33. The zero-order valence-electron chi connectivity index (χ0n) is 26.1. The fourth-order valence-electron chi connectivity index (χ4n) is 6.95. The van der Waals surface area contributed by atoms with Gasteiger partial charge in [0.25, 0.3) is 5.91 Å². The first-order valence-corrected chi connectivity index (χ1v) is 17.3. The van der Waals surface area contributed by atoms with Gasteiger partial charge < -0.3 is 14.6 Å². The lowest BCUT2D eigenvalue weighted by molar-refractivity contribution is 0.0943. The minimum absolute atomic E-state index is 0.0816. The Morgan fingerprint density at radius 2 is 1.73 bits per heavy atom. The molecule has 0 radical (unpaired) electrons. The standard InChI is InChI=1S/C33H49N3O4S/c1-22-25(30(37)34-21-32(5,6)35-41(7,38)39)19-28(36(22)20-23-11-9-8-10-12-23)24-17-26(31(2,3)4)29-27(18-24)33(13-14-33)15-16-40-29/h17-19,23,35H,8-16,20-21H2,1-7H3,(H,34,37). The molecule has 2 N–H and O–H groups in total. The molecule has 8 heteroatoms. The molecule has 226 valence electrons.